The second-order valence-electron chi connectivity index (χ2n) is 6.07. The lowest BCUT2D eigenvalue weighted by molar-refractivity contribution is -0.137. The highest BCUT2D eigenvalue weighted by molar-refractivity contribution is 5.75. The standard InChI is InChI=1S/C14H26N2O4/c1-5-11-9-20-10(2)8-16(11)13(19)15-14(3,4)7-6-12(17)18/h10-11H,5-9H2,1-4H3,(H,15,19)(H,17,18). The number of carboxylic acid groups (broad SMARTS) is 1. The molecular formula is C14H26N2O4. The normalized spacial score (nSPS) is 23.5. The van der Waals surface area contributed by atoms with E-state index in [4.69, 9.17) is 9.84 Å². The lowest BCUT2D eigenvalue weighted by Gasteiger charge is -2.40. The summed E-state index contributed by atoms with van der Waals surface area (Å²) in [5, 5.41) is 11.7. The molecule has 1 fully saturated rings. The zero-order valence-electron chi connectivity index (χ0n) is 12.8. The van der Waals surface area contributed by atoms with Crippen LogP contribution in [0.5, 0.6) is 0 Å². The van der Waals surface area contributed by atoms with Crippen molar-refractivity contribution in [3.8, 4) is 0 Å². The summed E-state index contributed by atoms with van der Waals surface area (Å²) in [5.41, 5.74) is -0.532. The number of morpholine rings is 1. The molecule has 2 N–H and O–H groups in total. The average Bonchev–Trinajstić information content (AvgIpc) is 2.36. The Morgan fingerprint density at radius 3 is 2.65 bits per heavy atom. The van der Waals surface area contributed by atoms with Gasteiger partial charge in [-0.2, -0.15) is 0 Å². The van der Waals surface area contributed by atoms with Gasteiger partial charge in [0.2, 0.25) is 0 Å². The fraction of sp³-hybridized carbons (Fsp3) is 0.857. The van der Waals surface area contributed by atoms with E-state index in [9.17, 15) is 9.59 Å². The van der Waals surface area contributed by atoms with Crippen LogP contribution in [-0.2, 0) is 9.53 Å². The van der Waals surface area contributed by atoms with E-state index in [-0.39, 0.29) is 24.6 Å². The number of rotatable bonds is 5. The van der Waals surface area contributed by atoms with Crippen molar-refractivity contribution >= 4 is 12.0 Å². The molecule has 0 aromatic carbocycles. The predicted molar refractivity (Wildman–Crippen MR) is 75.7 cm³/mol. The zero-order valence-corrected chi connectivity index (χ0v) is 12.8. The Bertz CT molecular complexity index is 357. The summed E-state index contributed by atoms with van der Waals surface area (Å²) in [7, 11) is 0. The highest BCUT2D eigenvalue weighted by Crippen LogP contribution is 2.17. The van der Waals surface area contributed by atoms with Crippen LogP contribution in [0.2, 0.25) is 0 Å². The van der Waals surface area contributed by atoms with E-state index in [2.05, 4.69) is 5.32 Å². The maximum absolute atomic E-state index is 12.4. The summed E-state index contributed by atoms with van der Waals surface area (Å²) in [6.07, 6.45) is 1.33. The molecule has 2 atom stereocenters. The number of hydrogen-bond acceptors (Lipinski definition) is 3. The number of urea groups is 1. The fourth-order valence-electron chi connectivity index (χ4n) is 2.27. The van der Waals surface area contributed by atoms with Crippen LogP contribution < -0.4 is 5.32 Å². The maximum atomic E-state index is 12.4. The van der Waals surface area contributed by atoms with E-state index in [1.165, 1.54) is 0 Å². The lowest BCUT2D eigenvalue weighted by Crippen LogP contribution is -2.58. The summed E-state index contributed by atoms with van der Waals surface area (Å²) in [6.45, 7) is 8.79. The van der Waals surface area contributed by atoms with E-state index < -0.39 is 11.5 Å². The number of nitrogens with zero attached hydrogens (tertiary/aromatic N) is 1. The van der Waals surface area contributed by atoms with Crippen LogP contribution in [0.15, 0.2) is 0 Å². The Balaban J connectivity index is 2.60. The summed E-state index contributed by atoms with van der Waals surface area (Å²) in [4.78, 5) is 24.8. The Kier molecular flexibility index (Phi) is 5.80. The third-order valence-electron chi connectivity index (χ3n) is 3.61. The molecule has 0 bridgehead atoms. The first-order chi connectivity index (χ1) is 9.25. The molecule has 0 aliphatic carbocycles. The molecule has 1 saturated heterocycles. The molecule has 0 radical (unpaired) electrons. The van der Waals surface area contributed by atoms with Gasteiger partial charge in [-0.1, -0.05) is 6.92 Å². The summed E-state index contributed by atoms with van der Waals surface area (Å²) >= 11 is 0. The molecule has 1 heterocycles. The van der Waals surface area contributed by atoms with Gasteiger partial charge in [-0.3, -0.25) is 4.79 Å². The molecule has 6 nitrogen and oxygen atoms in total. The van der Waals surface area contributed by atoms with Crippen LogP contribution in [-0.4, -0.2) is 52.8 Å². The van der Waals surface area contributed by atoms with Gasteiger partial charge in [0.25, 0.3) is 0 Å². The molecule has 0 aromatic rings. The third kappa shape index (κ3) is 5.00. The summed E-state index contributed by atoms with van der Waals surface area (Å²) in [5.74, 6) is -0.848. The second-order valence-corrected chi connectivity index (χ2v) is 6.07. The topological polar surface area (TPSA) is 78.9 Å². The molecular weight excluding hydrogens is 260 g/mol. The number of hydrogen-bond donors (Lipinski definition) is 2. The monoisotopic (exact) mass is 286 g/mol. The van der Waals surface area contributed by atoms with Crippen molar-refractivity contribution in [2.75, 3.05) is 13.2 Å². The van der Waals surface area contributed by atoms with Gasteiger partial charge < -0.3 is 20.1 Å². The average molecular weight is 286 g/mol. The van der Waals surface area contributed by atoms with Crippen molar-refractivity contribution in [1.82, 2.24) is 10.2 Å². The highest BCUT2D eigenvalue weighted by atomic mass is 16.5. The van der Waals surface area contributed by atoms with Crippen LogP contribution in [0.4, 0.5) is 4.79 Å². The first kappa shape index (κ1) is 16.8. The van der Waals surface area contributed by atoms with Gasteiger partial charge in [-0.05, 0) is 33.6 Å². The van der Waals surface area contributed by atoms with Crippen molar-refractivity contribution in [3.63, 3.8) is 0 Å². The Labute approximate surface area is 120 Å². The van der Waals surface area contributed by atoms with Crippen molar-refractivity contribution in [2.24, 2.45) is 0 Å². The second kappa shape index (κ2) is 6.92. The molecule has 0 aromatic heterocycles. The quantitative estimate of drug-likeness (QED) is 0.808. The third-order valence-corrected chi connectivity index (χ3v) is 3.61. The van der Waals surface area contributed by atoms with Crippen LogP contribution in [0.1, 0.15) is 47.0 Å². The molecule has 6 heteroatoms. The molecule has 1 aliphatic rings. The molecule has 116 valence electrons. The minimum Gasteiger partial charge on any atom is -0.481 e. The van der Waals surface area contributed by atoms with E-state index in [1.807, 2.05) is 27.7 Å². The summed E-state index contributed by atoms with van der Waals surface area (Å²) < 4.78 is 5.57. The smallest absolute Gasteiger partial charge is 0.318 e. The van der Waals surface area contributed by atoms with Gasteiger partial charge in [0.15, 0.2) is 0 Å². The van der Waals surface area contributed by atoms with Crippen LogP contribution in [0, 0.1) is 0 Å². The Morgan fingerprint density at radius 2 is 2.10 bits per heavy atom. The van der Waals surface area contributed by atoms with Gasteiger partial charge >= 0.3 is 12.0 Å². The minimum absolute atomic E-state index is 0.0330. The summed E-state index contributed by atoms with van der Waals surface area (Å²) in [6, 6.07) is -0.0520. The highest BCUT2D eigenvalue weighted by Gasteiger charge is 2.32. The van der Waals surface area contributed by atoms with E-state index in [0.717, 1.165) is 6.42 Å². The van der Waals surface area contributed by atoms with Crippen molar-refractivity contribution in [1.29, 1.82) is 0 Å². The molecule has 2 unspecified atom stereocenters. The van der Waals surface area contributed by atoms with Crippen LogP contribution in [0.25, 0.3) is 0 Å². The zero-order chi connectivity index (χ0) is 15.3. The minimum atomic E-state index is -0.848. The van der Waals surface area contributed by atoms with Crippen LogP contribution >= 0.6 is 0 Å². The number of ether oxygens (including phenoxy) is 1. The molecule has 0 saturated carbocycles. The largest absolute Gasteiger partial charge is 0.481 e. The predicted octanol–water partition coefficient (Wildman–Crippen LogP) is 1.84. The van der Waals surface area contributed by atoms with Gasteiger partial charge in [0, 0.05) is 18.5 Å². The lowest BCUT2D eigenvalue weighted by atomic mass is 9.98. The van der Waals surface area contributed by atoms with Crippen molar-refractivity contribution in [2.45, 2.75) is 64.6 Å². The Hall–Kier alpha value is -1.30. The van der Waals surface area contributed by atoms with Gasteiger partial charge in [-0.15, -0.1) is 0 Å². The first-order valence-corrected chi connectivity index (χ1v) is 7.17. The van der Waals surface area contributed by atoms with Crippen LogP contribution in [0.3, 0.4) is 0 Å². The van der Waals surface area contributed by atoms with Gasteiger partial charge in [0.05, 0.1) is 18.8 Å². The molecule has 20 heavy (non-hydrogen) atoms. The van der Waals surface area contributed by atoms with Crippen molar-refractivity contribution in [3.05, 3.63) is 0 Å². The molecule has 2 amide bonds. The number of carbonyl (C=O) groups excluding carboxylic acids is 1. The fourth-order valence-corrected chi connectivity index (χ4v) is 2.27. The number of amides is 2. The molecule has 1 rings (SSSR count). The molecule has 1 aliphatic heterocycles. The first-order valence-electron chi connectivity index (χ1n) is 7.17. The van der Waals surface area contributed by atoms with Gasteiger partial charge in [-0.25, -0.2) is 4.79 Å². The van der Waals surface area contributed by atoms with E-state index in [0.29, 0.717) is 19.6 Å². The van der Waals surface area contributed by atoms with E-state index in [1.54, 1.807) is 4.90 Å². The number of nitrogens with one attached hydrogen (secondary N) is 1. The van der Waals surface area contributed by atoms with E-state index >= 15 is 0 Å². The number of carbonyl (C=O) groups is 2. The van der Waals surface area contributed by atoms with Crippen molar-refractivity contribution < 1.29 is 19.4 Å². The SMILES string of the molecule is CCC1COC(C)CN1C(=O)NC(C)(C)CCC(=O)O. The number of carboxylic acids is 1. The Morgan fingerprint density at radius 1 is 1.45 bits per heavy atom. The molecule has 0 spiro atoms. The number of aliphatic carboxylic acids is 1. The maximum Gasteiger partial charge on any atom is 0.318 e. The van der Waals surface area contributed by atoms with Gasteiger partial charge in [0.1, 0.15) is 0 Å².